The predicted octanol–water partition coefficient (Wildman–Crippen LogP) is 1.86. The quantitative estimate of drug-likeness (QED) is 0.572. The highest BCUT2D eigenvalue weighted by Crippen LogP contribution is 2.01. The minimum absolute atomic E-state index is 0.567. The molecule has 0 saturated heterocycles. The Hall–Kier alpha value is -0.560. The molecule has 0 unspecified atom stereocenters. The molecule has 0 amide bonds. The van der Waals surface area contributed by atoms with Crippen LogP contribution >= 0.6 is 0 Å². The zero-order chi connectivity index (χ0) is 7.28. The molecule has 0 spiro atoms. The maximum absolute atomic E-state index is 5.33. The van der Waals surface area contributed by atoms with Crippen LogP contribution in [-0.2, 0) is 0 Å². The van der Waals surface area contributed by atoms with Gasteiger partial charge in [0.2, 0.25) is 0 Å². The van der Waals surface area contributed by atoms with Gasteiger partial charge in [0.05, 0.1) is 0 Å². The van der Waals surface area contributed by atoms with Crippen molar-refractivity contribution < 1.29 is 0 Å². The van der Waals surface area contributed by atoms with Crippen molar-refractivity contribution in [3.63, 3.8) is 0 Å². The lowest BCUT2D eigenvalue weighted by molar-refractivity contribution is 1.08. The molecule has 0 fully saturated rings. The van der Waals surface area contributed by atoms with Gasteiger partial charge in [-0.2, -0.15) is 0 Å². The molecule has 0 aliphatic rings. The van der Waals surface area contributed by atoms with Crippen molar-refractivity contribution >= 4 is 0 Å². The lowest BCUT2D eigenvalue weighted by atomic mass is 10.1. The average molecular weight is 125 g/mol. The maximum Gasteiger partial charge on any atom is 0.0172 e. The van der Waals surface area contributed by atoms with Gasteiger partial charge in [0, 0.05) is 6.54 Å². The number of nitrogens with two attached hydrogens (primary N) is 1. The molecule has 0 rings (SSSR count). The van der Waals surface area contributed by atoms with Crippen LogP contribution in [0.1, 0.15) is 20.3 Å². The Balaban J connectivity index is 3.79. The van der Waals surface area contributed by atoms with E-state index in [9.17, 15) is 0 Å². The molecule has 1 heteroatoms. The minimum atomic E-state index is 0.567. The molecule has 52 valence electrons. The third-order valence-electron chi connectivity index (χ3n) is 1.27. The minimum Gasteiger partial charge on any atom is -0.327 e. The van der Waals surface area contributed by atoms with E-state index in [0.717, 1.165) is 12.0 Å². The molecule has 2 N–H and O–H groups in total. The second-order valence-electron chi connectivity index (χ2n) is 2.21. The van der Waals surface area contributed by atoms with Crippen molar-refractivity contribution in [2.75, 3.05) is 6.54 Å². The lowest BCUT2D eigenvalue weighted by Crippen LogP contribution is -1.99. The molecular formula is C8H15N. The van der Waals surface area contributed by atoms with E-state index in [1.807, 2.05) is 6.08 Å². The van der Waals surface area contributed by atoms with E-state index in [4.69, 9.17) is 5.73 Å². The molecule has 0 atom stereocenters. The number of allylic oxidation sites excluding steroid dienone is 1. The molecule has 0 radical (unpaired) electrons. The van der Waals surface area contributed by atoms with E-state index in [-0.39, 0.29) is 0 Å². The third kappa shape index (κ3) is 3.98. The van der Waals surface area contributed by atoms with Gasteiger partial charge in [-0.1, -0.05) is 25.2 Å². The summed E-state index contributed by atoms with van der Waals surface area (Å²) in [7, 11) is 0. The fourth-order valence-corrected chi connectivity index (χ4v) is 0.509. The molecule has 0 saturated carbocycles. The maximum atomic E-state index is 5.33. The first-order valence-corrected chi connectivity index (χ1v) is 3.25. The highest BCUT2D eigenvalue weighted by atomic mass is 14.5. The summed E-state index contributed by atoms with van der Waals surface area (Å²) >= 11 is 0. The summed E-state index contributed by atoms with van der Waals surface area (Å²) in [6.45, 7) is 8.53. The Labute approximate surface area is 57.3 Å². The van der Waals surface area contributed by atoms with E-state index in [0.29, 0.717) is 6.54 Å². The van der Waals surface area contributed by atoms with Crippen LogP contribution in [0.2, 0.25) is 0 Å². The summed E-state index contributed by atoms with van der Waals surface area (Å²) in [4.78, 5) is 0. The Morgan fingerprint density at radius 3 is 2.56 bits per heavy atom. The van der Waals surface area contributed by atoms with Crippen LogP contribution in [0.25, 0.3) is 0 Å². The van der Waals surface area contributed by atoms with Crippen LogP contribution in [-0.4, -0.2) is 6.54 Å². The summed E-state index contributed by atoms with van der Waals surface area (Å²) < 4.78 is 0. The number of hydrogen-bond donors (Lipinski definition) is 1. The van der Waals surface area contributed by atoms with Gasteiger partial charge in [-0.15, -0.1) is 0 Å². The number of hydrogen-bond acceptors (Lipinski definition) is 1. The second-order valence-corrected chi connectivity index (χ2v) is 2.21. The van der Waals surface area contributed by atoms with Gasteiger partial charge >= 0.3 is 0 Å². The molecule has 0 heterocycles. The van der Waals surface area contributed by atoms with Crippen LogP contribution in [0.4, 0.5) is 0 Å². The predicted molar refractivity (Wildman–Crippen MR) is 42.2 cm³/mol. The van der Waals surface area contributed by atoms with Crippen molar-refractivity contribution in [1.82, 2.24) is 0 Å². The van der Waals surface area contributed by atoms with Gasteiger partial charge in [0.1, 0.15) is 0 Å². The van der Waals surface area contributed by atoms with Gasteiger partial charge in [-0.3, -0.25) is 0 Å². The van der Waals surface area contributed by atoms with Crippen LogP contribution in [0.5, 0.6) is 0 Å². The third-order valence-corrected chi connectivity index (χ3v) is 1.27. The zero-order valence-electron chi connectivity index (χ0n) is 6.28. The fourth-order valence-electron chi connectivity index (χ4n) is 0.509. The van der Waals surface area contributed by atoms with E-state index in [2.05, 4.69) is 20.4 Å². The first-order valence-electron chi connectivity index (χ1n) is 3.25. The normalized spacial score (nSPS) is 11.7. The van der Waals surface area contributed by atoms with Gasteiger partial charge in [-0.25, -0.2) is 0 Å². The van der Waals surface area contributed by atoms with Crippen LogP contribution in [0, 0.1) is 0 Å². The smallest absolute Gasteiger partial charge is 0.0172 e. The molecular weight excluding hydrogens is 110 g/mol. The standard InChI is InChI=1S/C8H15N/c1-4-7(2)5-8(3)6-9/h5H,3-4,6,9H2,1-2H3/b7-5+. The highest BCUT2D eigenvalue weighted by Gasteiger charge is 1.85. The van der Waals surface area contributed by atoms with Crippen molar-refractivity contribution in [3.05, 3.63) is 23.8 Å². The summed E-state index contributed by atoms with van der Waals surface area (Å²) in [5.41, 5.74) is 7.68. The van der Waals surface area contributed by atoms with Crippen molar-refractivity contribution in [2.45, 2.75) is 20.3 Å². The Bertz CT molecular complexity index is 123. The van der Waals surface area contributed by atoms with Crippen LogP contribution < -0.4 is 5.73 Å². The Kier molecular flexibility index (Phi) is 4.06. The largest absolute Gasteiger partial charge is 0.327 e. The van der Waals surface area contributed by atoms with E-state index >= 15 is 0 Å². The fraction of sp³-hybridized carbons (Fsp3) is 0.500. The molecule has 0 aliphatic heterocycles. The van der Waals surface area contributed by atoms with Gasteiger partial charge < -0.3 is 5.73 Å². The topological polar surface area (TPSA) is 26.0 Å². The molecule has 0 aromatic heterocycles. The summed E-state index contributed by atoms with van der Waals surface area (Å²) in [5.74, 6) is 0. The van der Waals surface area contributed by atoms with Crippen LogP contribution in [0.15, 0.2) is 23.8 Å². The summed E-state index contributed by atoms with van der Waals surface area (Å²) in [5, 5.41) is 0. The zero-order valence-corrected chi connectivity index (χ0v) is 6.28. The highest BCUT2D eigenvalue weighted by molar-refractivity contribution is 5.19. The summed E-state index contributed by atoms with van der Waals surface area (Å²) in [6, 6.07) is 0. The van der Waals surface area contributed by atoms with Crippen LogP contribution in [0.3, 0.4) is 0 Å². The molecule has 0 aromatic carbocycles. The van der Waals surface area contributed by atoms with Gasteiger partial charge in [-0.05, 0) is 18.9 Å². The van der Waals surface area contributed by atoms with Crippen molar-refractivity contribution in [3.8, 4) is 0 Å². The molecule has 1 nitrogen and oxygen atoms in total. The second kappa shape index (κ2) is 4.33. The van der Waals surface area contributed by atoms with Crippen molar-refractivity contribution in [2.24, 2.45) is 5.73 Å². The average Bonchev–Trinajstić information content (AvgIpc) is 1.87. The Morgan fingerprint density at radius 2 is 2.22 bits per heavy atom. The van der Waals surface area contributed by atoms with E-state index < -0.39 is 0 Å². The first kappa shape index (κ1) is 8.44. The molecule has 9 heavy (non-hydrogen) atoms. The molecule has 0 bridgehead atoms. The monoisotopic (exact) mass is 125 g/mol. The van der Waals surface area contributed by atoms with E-state index in [1.165, 1.54) is 5.57 Å². The first-order chi connectivity index (χ1) is 4.20. The summed E-state index contributed by atoms with van der Waals surface area (Å²) in [6.07, 6.45) is 3.12. The number of rotatable bonds is 3. The molecule has 0 aliphatic carbocycles. The SMILES string of the molecule is C=C(/C=C(\C)CC)CN. The lowest BCUT2D eigenvalue weighted by Gasteiger charge is -1.95. The van der Waals surface area contributed by atoms with Gasteiger partial charge in [0.15, 0.2) is 0 Å². The van der Waals surface area contributed by atoms with Gasteiger partial charge in [0.25, 0.3) is 0 Å². The Morgan fingerprint density at radius 1 is 1.67 bits per heavy atom. The molecule has 0 aromatic rings. The van der Waals surface area contributed by atoms with Crippen molar-refractivity contribution in [1.29, 1.82) is 0 Å². The van der Waals surface area contributed by atoms with E-state index in [1.54, 1.807) is 0 Å².